The zero-order valence-electron chi connectivity index (χ0n) is 12.6. The van der Waals surface area contributed by atoms with Crippen molar-refractivity contribution in [3.05, 3.63) is 11.9 Å². The maximum Gasteiger partial charge on any atom is 0.273 e. The zero-order chi connectivity index (χ0) is 14.7. The van der Waals surface area contributed by atoms with Gasteiger partial charge in [0.1, 0.15) is 0 Å². The van der Waals surface area contributed by atoms with Crippen molar-refractivity contribution in [1.82, 2.24) is 20.0 Å². The van der Waals surface area contributed by atoms with Crippen LogP contribution in [0.25, 0.3) is 0 Å². The van der Waals surface area contributed by atoms with E-state index < -0.39 is 0 Å². The summed E-state index contributed by atoms with van der Waals surface area (Å²) >= 11 is 0. The summed E-state index contributed by atoms with van der Waals surface area (Å²) in [5, 5.41) is 7.14. The maximum atomic E-state index is 12.1. The van der Waals surface area contributed by atoms with Crippen LogP contribution >= 0.6 is 0 Å². The fourth-order valence-electron chi connectivity index (χ4n) is 2.59. The summed E-state index contributed by atoms with van der Waals surface area (Å²) in [4.78, 5) is 14.5. The Hall–Kier alpha value is -1.56. The predicted octanol–water partition coefficient (Wildman–Crippen LogP) is 0.945. The van der Waals surface area contributed by atoms with Gasteiger partial charge in [-0.2, -0.15) is 5.10 Å². The number of aromatic nitrogens is 2. The second-order valence-electron chi connectivity index (χ2n) is 5.74. The zero-order valence-corrected chi connectivity index (χ0v) is 12.6. The van der Waals surface area contributed by atoms with E-state index in [1.54, 1.807) is 10.9 Å². The van der Waals surface area contributed by atoms with E-state index in [2.05, 4.69) is 29.2 Å². The van der Waals surface area contributed by atoms with Gasteiger partial charge in [-0.3, -0.25) is 9.48 Å². The summed E-state index contributed by atoms with van der Waals surface area (Å²) < 4.78 is 1.68. The first kappa shape index (κ1) is 14.8. The number of carbonyl (C=O) groups excluding carboxylic acids is 1. The molecule has 3 N–H and O–H groups in total. The molecule has 0 spiro atoms. The van der Waals surface area contributed by atoms with E-state index >= 15 is 0 Å². The van der Waals surface area contributed by atoms with Crippen molar-refractivity contribution in [2.75, 3.05) is 25.4 Å². The van der Waals surface area contributed by atoms with Crippen LogP contribution in [0.4, 0.5) is 5.69 Å². The molecule has 2 rings (SSSR count). The van der Waals surface area contributed by atoms with Crippen molar-refractivity contribution in [1.29, 1.82) is 0 Å². The van der Waals surface area contributed by atoms with Crippen molar-refractivity contribution < 1.29 is 4.79 Å². The van der Waals surface area contributed by atoms with Gasteiger partial charge in [-0.1, -0.05) is 0 Å². The Morgan fingerprint density at radius 2 is 2.35 bits per heavy atom. The van der Waals surface area contributed by atoms with Crippen molar-refractivity contribution in [3.8, 4) is 0 Å². The van der Waals surface area contributed by atoms with Gasteiger partial charge in [-0.05, 0) is 39.7 Å². The van der Waals surface area contributed by atoms with Gasteiger partial charge < -0.3 is 16.0 Å². The highest BCUT2D eigenvalue weighted by Crippen LogP contribution is 2.18. The van der Waals surface area contributed by atoms with Gasteiger partial charge in [-0.25, -0.2) is 0 Å². The standard InChI is InChI=1S/C14H25N5O/c1-4-19-9-12(15)13(17-19)14(20)16-7-11-5-6-18(8-11)10(2)3/h9-11H,4-8,15H2,1-3H3,(H,16,20). The number of nitrogens with one attached hydrogen (secondary N) is 1. The number of nitrogens with two attached hydrogens (primary N) is 1. The number of hydrogen-bond acceptors (Lipinski definition) is 4. The number of hydrogen-bond donors (Lipinski definition) is 2. The molecule has 6 nitrogen and oxygen atoms in total. The molecule has 112 valence electrons. The molecular formula is C14H25N5O. The molecule has 1 atom stereocenters. The lowest BCUT2D eigenvalue weighted by atomic mass is 10.1. The van der Waals surface area contributed by atoms with Crippen LogP contribution in [-0.2, 0) is 6.54 Å². The van der Waals surface area contributed by atoms with Crippen LogP contribution in [0.5, 0.6) is 0 Å². The highest BCUT2D eigenvalue weighted by atomic mass is 16.2. The Bertz CT molecular complexity index is 468. The lowest BCUT2D eigenvalue weighted by Crippen LogP contribution is -2.33. The second kappa shape index (κ2) is 6.26. The predicted molar refractivity (Wildman–Crippen MR) is 79.5 cm³/mol. The van der Waals surface area contributed by atoms with Gasteiger partial charge in [0.25, 0.3) is 5.91 Å². The quantitative estimate of drug-likeness (QED) is 0.841. The average molecular weight is 279 g/mol. The molecule has 1 aromatic rings. The van der Waals surface area contributed by atoms with E-state index in [0.717, 1.165) is 19.5 Å². The summed E-state index contributed by atoms with van der Waals surface area (Å²) in [6.07, 6.45) is 2.84. The topological polar surface area (TPSA) is 76.2 Å². The molecule has 1 fully saturated rings. The first-order chi connectivity index (χ1) is 9.51. The molecule has 0 aliphatic carbocycles. The van der Waals surface area contributed by atoms with E-state index in [1.165, 1.54) is 0 Å². The highest BCUT2D eigenvalue weighted by Gasteiger charge is 2.25. The molecule has 1 unspecified atom stereocenters. The molecule has 1 aromatic heterocycles. The monoisotopic (exact) mass is 279 g/mol. The molecule has 1 aliphatic rings. The van der Waals surface area contributed by atoms with E-state index in [1.807, 2.05) is 6.92 Å². The smallest absolute Gasteiger partial charge is 0.273 e. The summed E-state index contributed by atoms with van der Waals surface area (Å²) in [5.74, 6) is 0.355. The Labute approximate surface area is 120 Å². The van der Waals surface area contributed by atoms with E-state index in [-0.39, 0.29) is 5.91 Å². The number of amides is 1. The molecule has 6 heteroatoms. The molecule has 0 aromatic carbocycles. The SMILES string of the molecule is CCn1cc(N)c(C(=O)NCC2CCN(C(C)C)C2)n1. The first-order valence-electron chi connectivity index (χ1n) is 7.36. The van der Waals surface area contributed by atoms with Gasteiger partial charge >= 0.3 is 0 Å². The average Bonchev–Trinajstić information content (AvgIpc) is 3.02. The van der Waals surface area contributed by atoms with E-state index in [9.17, 15) is 4.79 Å². The molecule has 1 amide bonds. The lowest BCUT2D eigenvalue weighted by Gasteiger charge is -2.20. The van der Waals surface area contributed by atoms with E-state index in [4.69, 9.17) is 5.73 Å². The van der Waals surface area contributed by atoms with E-state index in [0.29, 0.717) is 36.4 Å². The summed E-state index contributed by atoms with van der Waals surface area (Å²) in [5.41, 5.74) is 6.59. The van der Waals surface area contributed by atoms with Crippen LogP contribution in [0.1, 0.15) is 37.7 Å². The number of nitrogens with zero attached hydrogens (tertiary/aromatic N) is 3. The number of likely N-dealkylation sites (tertiary alicyclic amines) is 1. The van der Waals surface area contributed by atoms with Crippen molar-refractivity contribution in [2.45, 2.75) is 39.8 Å². The number of carbonyl (C=O) groups is 1. The van der Waals surface area contributed by atoms with Crippen molar-refractivity contribution >= 4 is 11.6 Å². The van der Waals surface area contributed by atoms with Gasteiger partial charge in [0, 0.05) is 31.9 Å². The fraction of sp³-hybridized carbons (Fsp3) is 0.714. The van der Waals surface area contributed by atoms with Crippen LogP contribution in [0.2, 0.25) is 0 Å². The third kappa shape index (κ3) is 3.30. The maximum absolute atomic E-state index is 12.1. The Kier molecular flexibility index (Phi) is 4.65. The second-order valence-corrected chi connectivity index (χ2v) is 5.74. The number of anilines is 1. The van der Waals surface area contributed by atoms with Gasteiger partial charge in [-0.15, -0.1) is 0 Å². The van der Waals surface area contributed by atoms with Crippen molar-refractivity contribution in [2.24, 2.45) is 5.92 Å². The van der Waals surface area contributed by atoms with Crippen LogP contribution < -0.4 is 11.1 Å². The largest absolute Gasteiger partial charge is 0.396 e. The molecule has 1 aliphatic heterocycles. The number of nitrogen functional groups attached to an aromatic ring is 1. The minimum atomic E-state index is -0.169. The Balaban J connectivity index is 1.85. The number of aryl methyl sites for hydroxylation is 1. The number of rotatable bonds is 5. The third-order valence-corrected chi connectivity index (χ3v) is 3.93. The van der Waals surface area contributed by atoms with Crippen LogP contribution in [0.3, 0.4) is 0 Å². The fourth-order valence-corrected chi connectivity index (χ4v) is 2.59. The molecule has 0 bridgehead atoms. The Morgan fingerprint density at radius 1 is 1.60 bits per heavy atom. The molecule has 1 saturated heterocycles. The molecule has 2 heterocycles. The minimum absolute atomic E-state index is 0.169. The minimum Gasteiger partial charge on any atom is -0.396 e. The summed E-state index contributed by atoms with van der Waals surface area (Å²) in [6.45, 7) is 9.96. The van der Waals surface area contributed by atoms with Gasteiger partial charge in [0.05, 0.1) is 5.69 Å². The molecule has 0 saturated carbocycles. The third-order valence-electron chi connectivity index (χ3n) is 3.93. The highest BCUT2D eigenvalue weighted by molar-refractivity contribution is 5.96. The van der Waals surface area contributed by atoms with Crippen LogP contribution in [0, 0.1) is 5.92 Å². The molecule has 0 radical (unpaired) electrons. The molecular weight excluding hydrogens is 254 g/mol. The lowest BCUT2D eigenvalue weighted by molar-refractivity contribution is 0.0942. The van der Waals surface area contributed by atoms with Crippen LogP contribution in [0.15, 0.2) is 6.20 Å². The van der Waals surface area contributed by atoms with Gasteiger partial charge in [0.15, 0.2) is 5.69 Å². The summed E-state index contributed by atoms with van der Waals surface area (Å²) in [6, 6.07) is 0.576. The molecule has 20 heavy (non-hydrogen) atoms. The first-order valence-corrected chi connectivity index (χ1v) is 7.36. The van der Waals surface area contributed by atoms with Crippen LogP contribution in [-0.4, -0.2) is 46.3 Å². The summed E-state index contributed by atoms with van der Waals surface area (Å²) in [7, 11) is 0. The normalized spacial score (nSPS) is 19.7. The van der Waals surface area contributed by atoms with Gasteiger partial charge in [0.2, 0.25) is 0 Å². The van der Waals surface area contributed by atoms with Crippen molar-refractivity contribution in [3.63, 3.8) is 0 Å². The Morgan fingerprint density at radius 3 is 2.90 bits per heavy atom.